The predicted molar refractivity (Wildman–Crippen MR) is 284 cm³/mol. The number of hydrogen-bond acceptors (Lipinski definition) is 5. The van der Waals surface area contributed by atoms with Gasteiger partial charge in [0.2, 0.25) is 0 Å². The molecule has 318 valence electrons. The number of anilines is 3. The molecule has 4 heterocycles. The average Bonchev–Trinajstić information content (AvgIpc) is 4.16. The Morgan fingerprint density at radius 1 is 0.388 bits per heavy atom. The molecule has 0 fully saturated rings. The van der Waals surface area contributed by atoms with Crippen LogP contribution < -0.4 is 4.90 Å². The van der Waals surface area contributed by atoms with Crippen molar-refractivity contribution in [2.24, 2.45) is 0 Å². The van der Waals surface area contributed by atoms with Crippen LogP contribution in [-0.4, -0.2) is 19.1 Å². The highest BCUT2D eigenvalue weighted by atomic mass is 32.1. The van der Waals surface area contributed by atoms with Crippen molar-refractivity contribution < 1.29 is 0 Å². The molecule has 9 aromatic carbocycles. The van der Waals surface area contributed by atoms with Gasteiger partial charge < -0.3 is 14.0 Å². The van der Waals surface area contributed by atoms with Crippen LogP contribution >= 0.6 is 22.7 Å². The Hall–Kier alpha value is -8.10. The summed E-state index contributed by atoms with van der Waals surface area (Å²) in [6.45, 7) is 4.27. The number of rotatable bonds is 8. The molecule has 67 heavy (non-hydrogen) atoms. The van der Waals surface area contributed by atoms with E-state index in [2.05, 4.69) is 240 Å². The summed E-state index contributed by atoms with van der Waals surface area (Å²) >= 11 is 3.49. The minimum atomic E-state index is 1.00. The van der Waals surface area contributed by atoms with Gasteiger partial charge in [0.25, 0.3) is 0 Å². The van der Waals surface area contributed by atoms with Gasteiger partial charge in [-0.2, -0.15) is 0 Å². The molecule has 0 aliphatic carbocycles. The largest absolute Gasteiger partial charge is 0.311 e. The van der Waals surface area contributed by atoms with E-state index in [-0.39, 0.29) is 0 Å². The Morgan fingerprint density at radius 3 is 1.48 bits per heavy atom. The molecule has 4 aromatic heterocycles. The van der Waals surface area contributed by atoms with E-state index in [1.54, 1.807) is 22.7 Å². The molecule has 7 heteroatoms. The number of hydrogen-bond donors (Lipinski definition) is 0. The number of aromatic nitrogens is 4. The van der Waals surface area contributed by atoms with E-state index in [0.717, 1.165) is 88.3 Å². The Kier molecular flexibility index (Phi) is 9.27. The van der Waals surface area contributed by atoms with Crippen molar-refractivity contribution in [2.45, 2.75) is 13.8 Å². The van der Waals surface area contributed by atoms with Gasteiger partial charge in [-0.3, -0.25) is 0 Å². The van der Waals surface area contributed by atoms with Gasteiger partial charge in [0.05, 0.1) is 42.7 Å². The van der Waals surface area contributed by atoms with Gasteiger partial charge in [0, 0.05) is 55.7 Å². The Balaban J connectivity index is 0.972. The van der Waals surface area contributed by atoms with Crippen LogP contribution in [0.25, 0.3) is 96.9 Å². The van der Waals surface area contributed by atoms with E-state index >= 15 is 0 Å². The normalized spacial score (nSPS) is 11.7. The highest BCUT2D eigenvalue weighted by Crippen LogP contribution is 2.46. The maximum Gasteiger partial charge on any atom is 0.127 e. The van der Waals surface area contributed by atoms with Crippen molar-refractivity contribution in [3.8, 4) is 43.8 Å². The van der Waals surface area contributed by atoms with E-state index in [9.17, 15) is 0 Å². The first-order chi connectivity index (χ1) is 33.0. The zero-order valence-corrected chi connectivity index (χ0v) is 38.4. The zero-order chi connectivity index (χ0) is 44.6. The van der Waals surface area contributed by atoms with Crippen molar-refractivity contribution in [3.63, 3.8) is 0 Å². The highest BCUT2D eigenvalue weighted by molar-refractivity contribution is 7.22. The van der Waals surface area contributed by atoms with Gasteiger partial charge in [0.1, 0.15) is 10.0 Å². The molecule has 5 nitrogen and oxygen atoms in total. The minimum Gasteiger partial charge on any atom is -0.311 e. The minimum absolute atomic E-state index is 1.00. The summed E-state index contributed by atoms with van der Waals surface area (Å²) < 4.78 is 7.20. The van der Waals surface area contributed by atoms with Crippen LogP contribution in [0, 0.1) is 13.8 Å². The lowest BCUT2D eigenvalue weighted by Crippen LogP contribution is -2.10. The number of nitrogens with zero attached hydrogens (tertiary/aromatic N) is 5. The van der Waals surface area contributed by atoms with Gasteiger partial charge in [-0.05, 0) is 135 Å². The number of thiazole rings is 2. The molecule has 0 atom stereocenters. The number of para-hydroxylation sites is 4. The lowest BCUT2D eigenvalue weighted by atomic mass is 10.0. The summed E-state index contributed by atoms with van der Waals surface area (Å²) in [5.41, 5.74) is 17.9. The van der Waals surface area contributed by atoms with E-state index in [4.69, 9.17) is 9.97 Å². The molecule has 0 bridgehead atoms. The Bertz CT molecular complexity index is 3870. The smallest absolute Gasteiger partial charge is 0.127 e. The lowest BCUT2D eigenvalue weighted by Gasteiger charge is -2.26. The maximum atomic E-state index is 5.30. The molecule has 0 aliphatic rings. The fraction of sp³-hybridized carbons (Fsp3) is 0.0333. The third-order valence-corrected chi connectivity index (χ3v) is 15.1. The number of fused-ring (bicyclic) bond motifs is 6. The molecule has 0 aliphatic heterocycles. The molecule has 0 spiro atoms. The van der Waals surface area contributed by atoms with Gasteiger partial charge >= 0.3 is 0 Å². The number of benzene rings is 9. The van der Waals surface area contributed by atoms with Crippen molar-refractivity contribution in [3.05, 3.63) is 223 Å². The van der Waals surface area contributed by atoms with Crippen LogP contribution in [0.3, 0.4) is 0 Å². The molecular formula is C60H41N5S2. The van der Waals surface area contributed by atoms with Crippen molar-refractivity contribution >= 4 is 92.9 Å². The molecule has 0 N–H and O–H groups in total. The summed E-state index contributed by atoms with van der Waals surface area (Å²) in [6, 6.07) is 76.8. The molecule has 13 aromatic rings. The molecule has 0 saturated carbocycles. The molecular weight excluding hydrogens is 855 g/mol. The third-order valence-electron chi connectivity index (χ3n) is 12.9. The van der Waals surface area contributed by atoms with E-state index < -0.39 is 0 Å². The van der Waals surface area contributed by atoms with Gasteiger partial charge in [-0.15, -0.1) is 22.7 Å². The second-order valence-electron chi connectivity index (χ2n) is 17.2. The highest BCUT2D eigenvalue weighted by Gasteiger charge is 2.25. The molecule has 0 saturated heterocycles. The van der Waals surface area contributed by atoms with Crippen molar-refractivity contribution in [1.29, 1.82) is 0 Å². The Labute approximate surface area is 395 Å². The summed E-state index contributed by atoms with van der Waals surface area (Å²) in [6.07, 6.45) is 0. The van der Waals surface area contributed by atoms with E-state index in [0.29, 0.717) is 0 Å². The van der Waals surface area contributed by atoms with Crippen LogP contribution in [0.2, 0.25) is 0 Å². The van der Waals surface area contributed by atoms with Gasteiger partial charge in [-0.1, -0.05) is 108 Å². The first kappa shape index (κ1) is 39.3. The topological polar surface area (TPSA) is 38.9 Å². The van der Waals surface area contributed by atoms with Crippen LogP contribution in [0.5, 0.6) is 0 Å². The summed E-state index contributed by atoms with van der Waals surface area (Å²) in [7, 11) is 0. The van der Waals surface area contributed by atoms with Gasteiger partial charge in [0.15, 0.2) is 0 Å². The quantitative estimate of drug-likeness (QED) is 0.153. The van der Waals surface area contributed by atoms with Crippen LogP contribution in [0.15, 0.2) is 212 Å². The van der Waals surface area contributed by atoms with Crippen LogP contribution in [0.1, 0.15) is 11.1 Å². The number of aryl methyl sites for hydroxylation is 2. The first-order valence-electron chi connectivity index (χ1n) is 22.6. The third kappa shape index (κ3) is 6.65. The second kappa shape index (κ2) is 15.8. The lowest BCUT2D eigenvalue weighted by molar-refractivity contribution is 1.13. The monoisotopic (exact) mass is 895 g/mol. The SMILES string of the molecule is Cc1ccc(N(c2ccc(C)cc2)c2ccc(-n3c(-c4ccc(-n5c6ccccc6c6cc(-c7nc8ccccc8s7)ccc65)cc4)c(-c4nc5ccccc5s4)c4ccccc43)cc2)cc1. The predicted octanol–water partition coefficient (Wildman–Crippen LogP) is 17.0. The zero-order valence-electron chi connectivity index (χ0n) is 36.8. The fourth-order valence-electron chi connectivity index (χ4n) is 9.71. The fourth-order valence-corrected chi connectivity index (χ4v) is 11.7. The summed E-state index contributed by atoms with van der Waals surface area (Å²) in [5.74, 6) is 0. The van der Waals surface area contributed by atoms with Gasteiger partial charge in [-0.25, -0.2) is 9.97 Å². The van der Waals surface area contributed by atoms with Crippen molar-refractivity contribution in [1.82, 2.24) is 19.1 Å². The molecule has 0 amide bonds. The first-order valence-corrected chi connectivity index (χ1v) is 24.2. The summed E-state index contributed by atoms with van der Waals surface area (Å²) in [5, 5.41) is 5.63. The van der Waals surface area contributed by atoms with Crippen molar-refractivity contribution in [2.75, 3.05) is 4.90 Å². The Morgan fingerprint density at radius 2 is 0.851 bits per heavy atom. The molecule has 0 unspecified atom stereocenters. The average molecular weight is 896 g/mol. The van der Waals surface area contributed by atoms with E-state index in [1.165, 1.54) is 36.8 Å². The second-order valence-corrected chi connectivity index (χ2v) is 19.3. The standard InChI is InChI=1S/C60H41N5S2/c1-38-19-26-42(27-20-38)63(43-28-21-39(2)22-29-43)44-32-34-46(35-33-44)65-53-16-8-4-12-48(53)57(60-62-51-14-6-10-18-56(51)67-60)58(65)40-23-30-45(31-24-40)64-52-15-7-3-11-47(52)49-37-41(25-36-54(49)64)59-61-50-13-5-9-17-55(50)66-59/h3-37H,1-2H3. The molecule has 0 radical (unpaired) electrons. The summed E-state index contributed by atoms with van der Waals surface area (Å²) in [4.78, 5) is 12.6. The molecule has 13 rings (SSSR count). The van der Waals surface area contributed by atoms with Crippen LogP contribution in [-0.2, 0) is 0 Å². The maximum absolute atomic E-state index is 5.30. The van der Waals surface area contributed by atoms with Crippen LogP contribution in [0.4, 0.5) is 17.1 Å². The van der Waals surface area contributed by atoms with E-state index in [1.807, 2.05) is 0 Å².